The van der Waals surface area contributed by atoms with Crippen LogP contribution in [0, 0.1) is 5.92 Å². The zero-order valence-electron chi connectivity index (χ0n) is 15.0. The molecule has 1 saturated heterocycles. The van der Waals surface area contributed by atoms with Crippen LogP contribution in [0.2, 0.25) is 0 Å². The maximum atomic E-state index is 11.9. The van der Waals surface area contributed by atoms with Crippen LogP contribution in [0.3, 0.4) is 0 Å². The molecule has 1 aromatic carbocycles. The van der Waals surface area contributed by atoms with Crippen molar-refractivity contribution in [1.29, 1.82) is 0 Å². The second-order valence-electron chi connectivity index (χ2n) is 6.98. The summed E-state index contributed by atoms with van der Waals surface area (Å²) in [6.07, 6.45) is 3.05. The number of nitrogens with one attached hydrogen (secondary N) is 1. The Morgan fingerprint density at radius 2 is 2.00 bits per heavy atom. The van der Waals surface area contributed by atoms with Crippen molar-refractivity contribution in [3.05, 3.63) is 24.3 Å². The Morgan fingerprint density at radius 3 is 2.67 bits per heavy atom. The van der Waals surface area contributed by atoms with Crippen molar-refractivity contribution in [1.82, 2.24) is 14.9 Å². The summed E-state index contributed by atoms with van der Waals surface area (Å²) in [5.41, 5.74) is 2.28. The first kappa shape index (κ1) is 16.8. The van der Waals surface area contributed by atoms with E-state index in [9.17, 15) is 4.79 Å². The van der Waals surface area contributed by atoms with Crippen molar-refractivity contribution in [2.45, 2.75) is 52.6 Å². The molecule has 1 aliphatic heterocycles. The summed E-state index contributed by atoms with van der Waals surface area (Å²) in [5, 5.41) is 3.16. The van der Waals surface area contributed by atoms with Gasteiger partial charge in [0, 0.05) is 31.6 Å². The summed E-state index contributed by atoms with van der Waals surface area (Å²) in [4.78, 5) is 19.1. The first-order valence-electron chi connectivity index (χ1n) is 9.10. The fourth-order valence-corrected chi connectivity index (χ4v) is 3.34. The van der Waals surface area contributed by atoms with Crippen LogP contribution in [-0.4, -0.2) is 34.6 Å². The molecule has 1 aromatic heterocycles. The monoisotopic (exact) mass is 328 g/mol. The number of carbonyl (C=O) groups excluding carboxylic acids is 1. The van der Waals surface area contributed by atoms with Crippen LogP contribution in [0.25, 0.3) is 11.0 Å². The van der Waals surface area contributed by atoms with Gasteiger partial charge in [-0.15, -0.1) is 0 Å². The number of aryl methyl sites for hydroxylation is 1. The summed E-state index contributed by atoms with van der Waals surface area (Å²) in [7, 11) is 0. The molecule has 0 bridgehead atoms. The van der Waals surface area contributed by atoms with Gasteiger partial charge in [0.15, 0.2) is 0 Å². The van der Waals surface area contributed by atoms with Crippen LogP contribution >= 0.6 is 0 Å². The highest BCUT2D eigenvalue weighted by Gasteiger charge is 2.24. The van der Waals surface area contributed by atoms with Gasteiger partial charge in [-0.25, -0.2) is 4.98 Å². The van der Waals surface area contributed by atoms with Crippen LogP contribution in [-0.2, 0) is 11.3 Å². The van der Waals surface area contributed by atoms with Crippen molar-refractivity contribution in [2.24, 2.45) is 5.92 Å². The summed E-state index contributed by atoms with van der Waals surface area (Å²) < 4.78 is 2.34. The molecule has 1 amide bonds. The molecule has 0 unspecified atom stereocenters. The molecular weight excluding hydrogens is 300 g/mol. The van der Waals surface area contributed by atoms with E-state index in [0.717, 1.165) is 50.4 Å². The Kier molecular flexibility index (Phi) is 5.07. The average molecular weight is 328 g/mol. The van der Waals surface area contributed by atoms with Crippen molar-refractivity contribution >= 4 is 22.9 Å². The Labute approximate surface area is 144 Å². The smallest absolute Gasteiger partial charge is 0.222 e. The highest BCUT2D eigenvalue weighted by atomic mass is 16.1. The van der Waals surface area contributed by atoms with E-state index in [4.69, 9.17) is 4.98 Å². The second kappa shape index (κ2) is 7.24. The number of aromatic nitrogens is 2. The molecule has 5 nitrogen and oxygen atoms in total. The molecule has 24 heavy (non-hydrogen) atoms. The quantitative estimate of drug-likeness (QED) is 0.917. The number of amides is 1. The average Bonchev–Trinajstić information content (AvgIpc) is 2.95. The van der Waals surface area contributed by atoms with Gasteiger partial charge in [-0.3, -0.25) is 4.79 Å². The Hall–Kier alpha value is -2.04. The predicted molar refractivity (Wildman–Crippen MR) is 98.2 cm³/mol. The van der Waals surface area contributed by atoms with Gasteiger partial charge in [-0.1, -0.05) is 32.9 Å². The number of hydrogen-bond donors (Lipinski definition) is 1. The van der Waals surface area contributed by atoms with E-state index in [-0.39, 0.29) is 11.8 Å². The summed E-state index contributed by atoms with van der Waals surface area (Å²) in [5.74, 6) is 1.29. The molecule has 3 rings (SSSR count). The van der Waals surface area contributed by atoms with Gasteiger partial charge in [0.05, 0.1) is 11.0 Å². The lowest BCUT2D eigenvalue weighted by Crippen LogP contribution is -2.46. The maximum Gasteiger partial charge on any atom is 0.222 e. The van der Waals surface area contributed by atoms with Gasteiger partial charge < -0.3 is 14.8 Å². The summed E-state index contributed by atoms with van der Waals surface area (Å²) >= 11 is 0. The molecule has 1 aliphatic rings. The molecule has 1 N–H and O–H groups in total. The highest BCUT2D eigenvalue weighted by molar-refractivity contribution is 5.79. The van der Waals surface area contributed by atoms with E-state index in [2.05, 4.69) is 39.9 Å². The predicted octanol–water partition coefficient (Wildman–Crippen LogP) is 3.19. The van der Waals surface area contributed by atoms with E-state index in [1.807, 2.05) is 19.9 Å². The number of carbonyl (C=O) groups is 1. The van der Waals surface area contributed by atoms with Crippen LogP contribution in [0.1, 0.15) is 40.0 Å². The van der Waals surface area contributed by atoms with E-state index in [0.29, 0.717) is 6.04 Å². The van der Waals surface area contributed by atoms with Gasteiger partial charge in [-0.2, -0.15) is 0 Å². The largest absolute Gasteiger partial charge is 0.353 e. The van der Waals surface area contributed by atoms with E-state index < -0.39 is 0 Å². The summed E-state index contributed by atoms with van der Waals surface area (Å²) in [6.45, 7) is 8.95. The maximum absolute atomic E-state index is 11.9. The minimum absolute atomic E-state index is 0.0526. The van der Waals surface area contributed by atoms with Crippen molar-refractivity contribution in [3.8, 4) is 0 Å². The second-order valence-corrected chi connectivity index (χ2v) is 6.98. The molecule has 5 heteroatoms. The Bertz CT molecular complexity index is 698. The van der Waals surface area contributed by atoms with Crippen LogP contribution in [0.15, 0.2) is 24.3 Å². The van der Waals surface area contributed by atoms with Gasteiger partial charge in [0.1, 0.15) is 0 Å². The van der Waals surface area contributed by atoms with Gasteiger partial charge in [0.2, 0.25) is 11.9 Å². The molecule has 2 heterocycles. The van der Waals surface area contributed by atoms with E-state index in [1.165, 1.54) is 5.52 Å². The van der Waals surface area contributed by atoms with Crippen molar-refractivity contribution in [3.63, 3.8) is 0 Å². The first-order valence-corrected chi connectivity index (χ1v) is 9.10. The van der Waals surface area contributed by atoms with Gasteiger partial charge in [-0.05, 0) is 31.4 Å². The molecule has 2 aromatic rings. The number of rotatable bonds is 5. The normalized spacial score (nSPS) is 16.1. The van der Waals surface area contributed by atoms with Crippen LogP contribution in [0.5, 0.6) is 0 Å². The SMILES string of the molecule is CCCn1c(N2CCC(NC(=O)C(C)C)CC2)nc2ccccc21. The minimum Gasteiger partial charge on any atom is -0.353 e. The third kappa shape index (κ3) is 3.40. The third-order valence-electron chi connectivity index (χ3n) is 4.73. The number of piperidine rings is 1. The molecule has 0 atom stereocenters. The third-order valence-corrected chi connectivity index (χ3v) is 4.73. The van der Waals surface area contributed by atoms with E-state index in [1.54, 1.807) is 0 Å². The van der Waals surface area contributed by atoms with Crippen LogP contribution in [0.4, 0.5) is 5.95 Å². The fourth-order valence-electron chi connectivity index (χ4n) is 3.34. The number of hydrogen-bond acceptors (Lipinski definition) is 3. The zero-order valence-corrected chi connectivity index (χ0v) is 15.0. The van der Waals surface area contributed by atoms with E-state index >= 15 is 0 Å². The van der Waals surface area contributed by atoms with Crippen LogP contribution < -0.4 is 10.2 Å². The standard InChI is InChI=1S/C19H28N4O/c1-4-11-23-17-8-6-5-7-16(17)21-19(23)22-12-9-15(10-13-22)20-18(24)14(2)3/h5-8,14-15H,4,9-13H2,1-3H3,(H,20,24). The minimum atomic E-state index is 0.0526. The van der Waals surface area contributed by atoms with Gasteiger partial charge in [0.25, 0.3) is 0 Å². The number of para-hydroxylation sites is 2. The topological polar surface area (TPSA) is 50.2 Å². The molecular formula is C19H28N4O. The lowest BCUT2D eigenvalue weighted by atomic mass is 10.0. The number of fused-ring (bicyclic) bond motifs is 1. The highest BCUT2D eigenvalue weighted by Crippen LogP contribution is 2.25. The number of anilines is 1. The molecule has 130 valence electrons. The Balaban J connectivity index is 1.73. The zero-order chi connectivity index (χ0) is 17.1. The molecule has 1 fully saturated rings. The molecule has 0 radical (unpaired) electrons. The number of benzene rings is 1. The van der Waals surface area contributed by atoms with Gasteiger partial charge >= 0.3 is 0 Å². The van der Waals surface area contributed by atoms with Crippen molar-refractivity contribution in [2.75, 3.05) is 18.0 Å². The Morgan fingerprint density at radius 1 is 1.29 bits per heavy atom. The lowest BCUT2D eigenvalue weighted by Gasteiger charge is -2.33. The summed E-state index contributed by atoms with van der Waals surface area (Å²) in [6, 6.07) is 8.65. The van der Waals surface area contributed by atoms with Crippen molar-refractivity contribution < 1.29 is 4.79 Å². The molecule has 0 saturated carbocycles. The first-order chi connectivity index (χ1) is 11.6. The number of imidazole rings is 1. The number of nitrogens with zero attached hydrogens (tertiary/aromatic N) is 3. The lowest BCUT2D eigenvalue weighted by molar-refractivity contribution is -0.124. The molecule has 0 aliphatic carbocycles. The fraction of sp³-hybridized carbons (Fsp3) is 0.579. The molecule has 0 spiro atoms.